The fraction of sp³-hybridized carbons (Fsp3) is 0.333. The molecule has 1 aromatic heterocycles. The number of rotatable bonds is 0. The average molecular weight is 139 g/mol. The van der Waals surface area contributed by atoms with Gasteiger partial charge in [-0.2, -0.15) is 5.10 Å². The Morgan fingerprint density at radius 2 is 2.30 bits per heavy atom. The van der Waals surface area contributed by atoms with Crippen LogP contribution in [0.15, 0.2) is 11.0 Å². The third kappa shape index (κ3) is 0.877. The normalized spacial score (nSPS) is 9.80. The van der Waals surface area contributed by atoms with Crippen molar-refractivity contribution in [2.75, 3.05) is 5.73 Å². The average Bonchev–Trinajstić information content (AvgIpc) is 1.93. The van der Waals surface area contributed by atoms with Crippen LogP contribution in [0.2, 0.25) is 0 Å². The first-order chi connectivity index (χ1) is 4.63. The summed E-state index contributed by atoms with van der Waals surface area (Å²) in [6.07, 6.45) is 1.47. The molecule has 1 aromatic rings. The second kappa shape index (κ2) is 2.13. The molecule has 0 bridgehead atoms. The van der Waals surface area contributed by atoms with E-state index in [0.717, 1.165) is 0 Å². The van der Waals surface area contributed by atoms with E-state index in [4.69, 9.17) is 5.73 Å². The Morgan fingerprint density at radius 1 is 1.70 bits per heavy atom. The van der Waals surface area contributed by atoms with E-state index in [9.17, 15) is 4.79 Å². The van der Waals surface area contributed by atoms with E-state index in [1.807, 2.05) is 0 Å². The molecule has 1 rings (SSSR count). The maximum Gasteiger partial charge on any atom is 0.271 e. The molecule has 0 spiro atoms. The lowest BCUT2D eigenvalue weighted by atomic mass is 10.3. The Balaban J connectivity index is 3.50. The summed E-state index contributed by atoms with van der Waals surface area (Å²) in [5.41, 5.74) is 6.28. The highest BCUT2D eigenvalue weighted by atomic mass is 16.1. The zero-order valence-corrected chi connectivity index (χ0v) is 5.96. The van der Waals surface area contributed by atoms with Crippen LogP contribution >= 0.6 is 0 Å². The van der Waals surface area contributed by atoms with Crippen molar-refractivity contribution < 1.29 is 0 Å². The summed E-state index contributed by atoms with van der Waals surface area (Å²) in [5.74, 6) is 0. The van der Waals surface area contributed by atoms with Crippen LogP contribution < -0.4 is 11.3 Å². The lowest BCUT2D eigenvalue weighted by Crippen LogP contribution is -2.22. The molecule has 4 heteroatoms. The van der Waals surface area contributed by atoms with Gasteiger partial charge in [0.1, 0.15) is 0 Å². The standard InChI is InChI=1S/C6H9N3O/c1-4-5(7)3-8-9(2)6(4)10/h3H,7H2,1-2H3. The maximum atomic E-state index is 11.0. The van der Waals surface area contributed by atoms with Crippen LogP contribution in [0.5, 0.6) is 0 Å². The van der Waals surface area contributed by atoms with E-state index in [1.54, 1.807) is 14.0 Å². The van der Waals surface area contributed by atoms with Crippen molar-refractivity contribution in [1.29, 1.82) is 0 Å². The summed E-state index contributed by atoms with van der Waals surface area (Å²) in [4.78, 5) is 11.0. The molecule has 0 amide bonds. The van der Waals surface area contributed by atoms with Crippen LogP contribution in [0.25, 0.3) is 0 Å². The minimum Gasteiger partial charge on any atom is -0.397 e. The number of nitrogens with zero attached hydrogens (tertiary/aromatic N) is 2. The highest BCUT2D eigenvalue weighted by Gasteiger charge is 1.98. The summed E-state index contributed by atoms with van der Waals surface area (Å²) in [6, 6.07) is 0. The van der Waals surface area contributed by atoms with Crippen molar-refractivity contribution in [3.8, 4) is 0 Å². The summed E-state index contributed by atoms with van der Waals surface area (Å²) in [6.45, 7) is 1.68. The van der Waals surface area contributed by atoms with Crippen molar-refractivity contribution >= 4 is 5.69 Å². The first kappa shape index (κ1) is 6.80. The van der Waals surface area contributed by atoms with Gasteiger partial charge in [-0.25, -0.2) is 4.68 Å². The van der Waals surface area contributed by atoms with Gasteiger partial charge in [0.15, 0.2) is 0 Å². The lowest BCUT2D eigenvalue weighted by Gasteiger charge is -1.99. The quantitative estimate of drug-likeness (QED) is 0.535. The Kier molecular flexibility index (Phi) is 1.45. The second-order valence-electron chi connectivity index (χ2n) is 2.15. The monoisotopic (exact) mass is 139 g/mol. The molecular formula is C6H9N3O. The van der Waals surface area contributed by atoms with Gasteiger partial charge in [-0.05, 0) is 6.92 Å². The molecule has 0 aliphatic heterocycles. The lowest BCUT2D eigenvalue weighted by molar-refractivity contribution is 0.702. The first-order valence-electron chi connectivity index (χ1n) is 2.91. The Labute approximate surface area is 58.3 Å². The molecule has 0 unspecified atom stereocenters. The van der Waals surface area contributed by atoms with Gasteiger partial charge in [-0.3, -0.25) is 4.79 Å². The van der Waals surface area contributed by atoms with Gasteiger partial charge in [0, 0.05) is 12.6 Å². The van der Waals surface area contributed by atoms with Crippen molar-refractivity contribution in [2.45, 2.75) is 6.92 Å². The van der Waals surface area contributed by atoms with Gasteiger partial charge in [0.25, 0.3) is 5.56 Å². The van der Waals surface area contributed by atoms with E-state index < -0.39 is 0 Å². The topological polar surface area (TPSA) is 60.9 Å². The van der Waals surface area contributed by atoms with Gasteiger partial charge in [-0.1, -0.05) is 0 Å². The number of aryl methyl sites for hydroxylation is 1. The van der Waals surface area contributed by atoms with E-state index in [-0.39, 0.29) is 5.56 Å². The molecule has 10 heavy (non-hydrogen) atoms. The Hall–Kier alpha value is -1.32. The molecule has 0 saturated heterocycles. The molecule has 0 aliphatic rings. The predicted octanol–water partition coefficient (Wildman–Crippen LogP) is -0.329. The number of anilines is 1. The highest BCUT2D eigenvalue weighted by Crippen LogP contribution is 1.98. The molecule has 0 radical (unpaired) electrons. The third-order valence-corrected chi connectivity index (χ3v) is 1.42. The van der Waals surface area contributed by atoms with Crippen molar-refractivity contribution in [1.82, 2.24) is 9.78 Å². The van der Waals surface area contributed by atoms with Crippen molar-refractivity contribution in [2.24, 2.45) is 7.05 Å². The van der Waals surface area contributed by atoms with Gasteiger partial charge in [0.05, 0.1) is 11.9 Å². The number of aromatic nitrogens is 2. The second-order valence-corrected chi connectivity index (χ2v) is 2.15. The van der Waals surface area contributed by atoms with Gasteiger partial charge < -0.3 is 5.73 Å². The van der Waals surface area contributed by atoms with Crippen LogP contribution in [-0.2, 0) is 7.05 Å². The number of nitrogen functional groups attached to an aromatic ring is 1. The number of hydrogen-bond acceptors (Lipinski definition) is 3. The van der Waals surface area contributed by atoms with E-state index in [1.165, 1.54) is 10.9 Å². The molecule has 0 atom stereocenters. The predicted molar refractivity (Wildman–Crippen MR) is 38.6 cm³/mol. The Bertz CT molecular complexity index is 302. The summed E-state index contributed by atoms with van der Waals surface area (Å²) < 4.78 is 1.26. The molecule has 1 heterocycles. The minimum atomic E-state index is -0.139. The summed E-state index contributed by atoms with van der Waals surface area (Å²) in [7, 11) is 1.59. The summed E-state index contributed by atoms with van der Waals surface area (Å²) in [5, 5.41) is 3.72. The fourth-order valence-corrected chi connectivity index (χ4v) is 0.664. The Morgan fingerprint density at radius 3 is 2.80 bits per heavy atom. The van der Waals surface area contributed by atoms with Crippen LogP contribution in [-0.4, -0.2) is 9.78 Å². The van der Waals surface area contributed by atoms with Crippen molar-refractivity contribution in [3.05, 3.63) is 22.1 Å². The highest BCUT2D eigenvalue weighted by molar-refractivity contribution is 5.41. The molecular weight excluding hydrogens is 130 g/mol. The largest absolute Gasteiger partial charge is 0.397 e. The third-order valence-electron chi connectivity index (χ3n) is 1.42. The van der Waals surface area contributed by atoms with Gasteiger partial charge >= 0.3 is 0 Å². The van der Waals surface area contributed by atoms with Crippen molar-refractivity contribution in [3.63, 3.8) is 0 Å². The zero-order chi connectivity index (χ0) is 7.72. The smallest absolute Gasteiger partial charge is 0.271 e. The fourth-order valence-electron chi connectivity index (χ4n) is 0.664. The molecule has 2 N–H and O–H groups in total. The molecule has 4 nitrogen and oxygen atoms in total. The molecule has 0 fully saturated rings. The van der Waals surface area contributed by atoms with Crippen LogP contribution in [0, 0.1) is 6.92 Å². The van der Waals surface area contributed by atoms with Crippen LogP contribution in [0.1, 0.15) is 5.56 Å². The van der Waals surface area contributed by atoms with Gasteiger partial charge in [0.2, 0.25) is 0 Å². The number of nitrogens with two attached hydrogens (primary N) is 1. The first-order valence-corrected chi connectivity index (χ1v) is 2.91. The molecule has 0 aromatic carbocycles. The zero-order valence-electron chi connectivity index (χ0n) is 5.96. The number of hydrogen-bond donors (Lipinski definition) is 1. The molecule has 54 valence electrons. The maximum absolute atomic E-state index is 11.0. The van der Waals surface area contributed by atoms with Crippen LogP contribution in [0.3, 0.4) is 0 Å². The van der Waals surface area contributed by atoms with E-state index >= 15 is 0 Å². The van der Waals surface area contributed by atoms with E-state index in [0.29, 0.717) is 11.3 Å². The van der Waals surface area contributed by atoms with Crippen LogP contribution in [0.4, 0.5) is 5.69 Å². The SMILES string of the molecule is Cc1c(N)cnn(C)c1=O. The minimum absolute atomic E-state index is 0.139. The molecule has 0 aliphatic carbocycles. The molecule has 0 saturated carbocycles. The van der Waals surface area contributed by atoms with Gasteiger partial charge in [-0.15, -0.1) is 0 Å². The van der Waals surface area contributed by atoms with E-state index in [2.05, 4.69) is 5.10 Å². The summed E-state index contributed by atoms with van der Waals surface area (Å²) >= 11 is 0.